The maximum absolute atomic E-state index is 11.7. The number of carboxylic acid groups (broad SMARTS) is 2. The molecule has 33 heavy (non-hydrogen) atoms. The molecule has 2 heterocycles. The summed E-state index contributed by atoms with van der Waals surface area (Å²) in [7, 11) is 4.88. The van der Waals surface area contributed by atoms with E-state index in [0.717, 1.165) is 18.5 Å². The van der Waals surface area contributed by atoms with E-state index < -0.39 is 23.7 Å². The van der Waals surface area contributed by atoms with E-state index in [1.165, 1.54) is 35.0 Å². The van der Waals surface area contributed by atoms with E-state index in [-0.39, 0.29) is 0 Å². The number of carboxylic acids is 2. The van der Waals surface area contributed by atoms with Crippen molar-refractivity contribution in [3.8, 4) is 11.5 Å². The molecule has 4 N–H and O–H groups in total. The van der Waals surface area contributed by atoms with Gasteiger partial charge in [-0.3, -0.25) is 4.98 Å². The molecule has 0 spiro atoms. The van der Waals surface area contributed by atoms with Crippen molar-refractivity contribution in [1.29, 1.82) is 0 Å². The highest BCUT2D eigenvalue weighted by atomic mass is 16.6. The third kappa shape index (κ3) is 7.51. The summed E-state index contributed by atoms with van der Waals surface area (Å²) in [5.41, 5.74) is 2.26. The molecular weight excluding hydrogens is 432 g/mol. The normalized spacial score (nSPS) is 12.4. The number of methoxy groups -OCH3 is 1. The Morgan fingerprint density at radius 2 is 1.85 bits per heavy atom. The lowest BCUT2D eigenvalue weighted by molar-refractivity contribution is -0.134. The molecule has 2 aromatic rings. The third-order valence-corrected chi connectivity index (χ3v) is 4.43. The van der Waals surface area contributed by atoms with Gasteiger partial charge in [-0.1, -0.05) is 6.07 Å². The van der Waals surface area contributed by atoms with Gasteiger partial charge in [-0.05, 0) is 36.7 Å². The molecule has 0 saturated heterocycles. The number of anilines is 1. The van der Waals surface area contributed by atoms with Gasteiger partial charge in [-0.25, -0.2) is 14.4 Å². The summed E-state index contributed by atoms with van der Waals surface area (Å²) in [5.74, 6) is -1.54. The molecule has 1 aliphatic rings. The van der Waals surface area contributed by atoms with Crippen molar-refractivity contribution in [1.82, 2.24) is 15.2 Å². The maximum atomic E-state index is 11.7. The third-order valence-electron chi connectivity index (χ3n) is 4.43. The summed E-state index contributed by atoms with van der Waals surface area (Å²) >= 11 is 0. The highest BCUT2D eigenvalue weighted by molar-refractivity contribution is 5.97. The Hall–Kier alpha value is -4.12. The van der Waals surface area contributed by atoms with Gasteiger partial charge < -0.3 is 35.2 Å². The van der Waals surface area contributed by atoms with Gasteiger partial charge in [0.1, 0.15) is 5.70 Å². The monoisotopic (exact) mass is 458 g/mol. The van der Waals surface area contributed by atoms with Crippen LogP contribution < -0.4 is 20.1 Å². The number of nitrogens with zero attached hydrogens (tertiary/aromatic N) is 2. The number of aromatic nitrogens is 1. The number of nitrogens with one attached hydrogen (secondary N) is 2. The topological polar surface area (TPSA) is 150 Å². The molecule has 0 saturated carbocycles. The van der Waals surface area contributed by atoms with Crippen molar-refractivity contribution in [3.05, 3.63) is 59.6 Å². The van der Waals surface area contributed by atoms with Crippen LogP contribution >= 0.6 is 0 Å². The fourth-order valence-electron chi connectivity index (χ4n) is 2.83. The van der Waals surface area contributed by atoms with Gasteiger partial charge in [0.2, 0.25) is 0 Å². The Balaban J connectivity index is 0.000000238. The highest BCUT2D eigenvalue weighted by Gasteiger charge is 2.21. The number of amides is 1. The van der Waals surface area contributed by atoms with Crippen LogP contribution in [0.1, 0.15) is 11.1 Å². The number of hydrogen-bond acceptors (Lipinski definition) is 8. The molecule has 1 aliphatic heterocycles. The molecule has 0 atom stereocenters. The number of carbonyl (C=O) groups is 3. The Bertz CT molecular complexity index is 1020. The molecule has 1 aromatic carbocycles. The molecular formula is C22H26N4O7. The highest BCUT2D eigenvalue weighted by Crippen LogP contribution is 2.35. The minimum atomic E-state index is -1.34. The zero-order valence-electron chi connectivity index (χ0n) is 18.5. The molecule has 11 nitrogen and oxygen atoms in total. The largest absolute Gasteiger partial charge is 0.493 e. The number of pyridine rings is 1. The minimum Gasteiger partial charge on any atom is -0.493 e. The first kappa shape index (κ1) is 25.1. The molecule has 0 unspecified atom stereocenters. The summed E-state index contributed by atoms with van der Waals surface area (Å²) in [5, 5.41) is 22.8. The number of fused-ring (bicyclic) bond motifs is 1. The van der Waals surface area contributed by atoms with E-state index in [4.69, 9.17) is 19.7 Å². The molecule has 11 heteroatoms. The van der Waals surface area contributed by atoms with Gasteiger partial charge in [0.05, 0.1) is 13.2 Å². The second-order valence-corrected chi connectivity index (χ2v) is 6.99. The van der Waals surface area contributed by atoms with Crippen molar-refractivity contribution >= 4 is 23.7 Å². The average Bonchev–Trinajstić information content (AvgIpc) is 2.79. The lowest BCUT2D eigenvalue weighted by atomic mass is 9.99. The van der Waals surface area contributed by atoms with Gasteiger partial charge in [0.15, 0.2) is 11.5 Å². The van der Waals surface area contributed by atoms with Crippen LogP contribution in [0.5, 0.6) is 11.5 Å². The second-order valence-electron chi connectivity index (χ2n) is 6.99. The van der Waals surface area contributed by atoms with Crippen molar-refractivity contribution < 1.29 is 34.1 Å². The van der Waals surface area contributed by atoms with Gasteiger partial charge in [0, 0.05) is 44.3 Å². The molecule has 3 rings (SSSR count). The molecule has 1 aromatic heterocycles. The van der Waals surface area contributed by atoms with Crippen LogP contribution in [0.15, 0.2) is 48.4 Å². The van der Waals surface area contributed by atoms with Crippen LogP contribution in [0.4, 0.5) is 10.5 Å². The van der Waals surface area contributed by atoms with E-state index >= 15 is 0 Å². The number of benzene rings is 1. The zero-order valence-corrected chi connectivity index (χ0v) is 18.5. The number of aliphatic carboxylic acids is 2. The lowest BCUT2D eigenvalue weighted by Crippen LogP contribution is -2.28. The van der Waals surface area contributed by atoms with Crippen LogP contribution in [0.25, 0.3) is 0 Å². The van der Waals surface area contributed by atoms with Crippen LogP contribution in [0.2, 0.25) is 0 Å². The van der Waals surface area contributed by atoms with E-state index in [2.05, 4.69) is 15.6 Å². The van der Waals surface area contributed by atoms with Crippen molar-refractivity contribution in [2.45, 2.75) is 13.0 Å². The number of hydrogen-bond donors (Lipinski definition) is 4. The number of carbonyl (C=O) groups excluding carboxylic acids is 1. The van der Waals surface area contributed by atoms with E-state index in [1.54, 1.807) is 21.2 Å². The molecule has 0 bridgehead atoms. The van der Waals surface area contributed by atoms with Gasteiger partial charge in [-0.15, -0.1) is 0 Å². The molecule has 0 radical (unpaired) electrons. The fraction of sp³-hybridized carbons (Fsp3) is 0.273. The van der Waals surface area contributed by atoms with Crippen LogP contribution in [-0.4, -0.2) is 65.9 Å². The predicted octanol–water partition coefficient (Wildman–Crippen LogP) is 1.95. The van der Waals surface area contributed by atoms with Gasteiger partial charge in [-0.2, -0.15) is 0 Å². The van der Waals surface area contributed by atoms with E-state index in [1.807, 2.05) is 12.1 Å². The first-order valence-electron chi connectivity index (χ1n) is 9.86. The standard InChI is InChI=1S/C13H18N2O3.C9H8N2O4/c1-15(2)13(16)18-12-10-8-14-7-6-9(10)4-5-11(12)17-3;12-8(13)5-7(9(14)15)11-6-1-3-10-4-2-6/h4-5,14H,6-8H2,1-3H3;1-5H,(H,10,11)(H,12,13)(H,14,15)/b;7-5-. The Labute approximate surface area is 190 Å². The zero-order chi connectivity index (χ0) is 24.4. The van der Waals surface area contributed by atoms with Crippen molar-refractivity contribution in [2.75, 3.05) is 33.1 Å². The van der Waals surface area contributed by atoms with Crippen molar-refractivity contribution in [3.63, 3.8) is 0 Å². The Kier molecular flexibility index (Phi) is 9.18. The summed E-state index contributed by atoms with van der Waals surface area (Å²) in [4.78, 5) is 37.8. The molecule has 176 valence electrons. The van der Waals surface area contributed by atoms with Crippen LogP contribution in [0.3, 0.4) is 0 Å². The smallest absolute Gasteiger partial charge is 0.414 e. The Morgan fingerprint density at radius 1 is 1.15 bits per heavy atom. The summed E-state index contributed by atoms with van der Waals surface area (Å²) < 4.78 is 10.7. The maximum Gasteiger partial charge on any atom is 0.414 e. The molecule has 0 aliphatic carbocycles. The SMILES string of the molecule is COc1ccc2c(c1OC(=O)N(C)C)CNCC2.O=C(O)/C=C(\Nc1ccncc1)C(=O)O. The van der Waals surface area contributed by atoms with Crippen LogP contribution in [0, 0.1) is 0 Å². The Morgan fingerprint density at radius 3 is 2.42 bits per heavy atom. The van der Waals surface area contributed by atoms with Gasteiger partial charge >= 0.3 is 18.0 Å². The minimum absolute atomic E-state index is 0.396. The lowest BCUT2D eigenvalue weighted by Gasteiger charge is -2.22. The molecule has 1 amide bonds. The van der Waals surface area contributed by atoms with E-state index in [0.29, 0.717) is 29.8 Å². The number of ether oxygens (including phenoxy) is 2. The molecule has 0 fully saturated rings. The second kappa shape index (κ2) is 12.1. The number of rotatable bonds is 6. The van der Waals surface area contributed by atoms with Crippen LogP contribution in [-0.2, 0) is 22.6 Å². The van der Waals surface area contributed by atoms with E-state index in [9.17, 15) is 14.4 Å². The summed E-state index contributed by atoms with van der Waals surface area (Å²) in [6.45, 7) is 1.64. The predicted molar refractivity (Wildman–Crippen MR) is 119 cm³/mol. The summed E-state index contributed by atoms with van der Waals surface area (Å²) in [6.07, 6.45) is 4.05. The van der Waals surface area contributed by atoms with Crippen molar-refractivity contribution in [2.24, 2.45) is 0 Å². The fourth-order valence-corrected chi connectivity index (χ4v) is 2.83. The average molecular weight is 458 g/mol. The first-order chi connectivity index (χ1) is 15.7. The quantitative estimate of drug-likeness (QED) is 0.473. The first-order valence-corrected chi connectivity index (χ1v) is 9.86. The van der Waals surface area contributed by atoms with Gasteiger partial charge in [0.25, 0.3) is 0 Å². The summed E-state index contributed by atoms with van der Waals surface area (Å²) in [6, 6.07) is 6.93.